The van der Waals surface area contributed by atoms with Gasteiger partial charge in [0.25, 0.3) is 0 Å². The molecule has 2 rings (SSSR count). The topological polar surface area (TPSA) is 28.7 Å². The monoisotopic (exact) mass is 254 g/mol. The van der Waals surface area contributed by atoms with Crippen LogP contribution in [0.5, 0.6) is 0 Å². The Labute approximate surface area is 115 Å². The summed E-state index contributed by atoms with van der Waals surface area (Å²) in [5.41, 5.74) is 6.56. The van der Waals surface area contributed by atoms with E-state index in [0.717, 1.165) is 18.5 Å². The lowest BCUT2D eigenvalue weighted by atomic mass is 9.87. The highest BCUT2D eigenvalue weighted by atomic mass is 15.1. The fourth-order valence-corrected chi connectivity index (χ4v) is 2.61. The minimum Gasteiger partial charge on any atom is -0.283 e. The molecule has 19 heavy (non-hydrogen) atoms. The van der Waals surface area contributed by atoms with Crippen molar-refractivity contribution in [2.75, 3.05) is 0 Å². The Morgan fingerprint density at radius 2 is 2.16 bits per heavy atom. The number of hydrogen-bond donors (Lipinski definition) is 1. The first-order chi connectivity index (χ1) is 9.17. The van der Waals surface area contributed by atoms with Crippen molar-refractivity contribution in [3.63, 3.8) is 0 Å². The average molecular weight is 254 g/mol. The Kier molecular flexibility index (Phi) is 4.20. The molecule has 0 aliphatic rings. The number of aryl methyl sites for hydroxylation is 3. The number of H-pyrrole nitrogens is 1. The van der Waals surface area contributed by atoms with E-state index in [1.165, 1.54) is 22.3 Å². The average Bonchev–Trinajstić information content (AvgIpc) is 2.83. The van der Waals surface area contributed by atoms with Crippen molar-refractivity contribution in [1.82, 2.24) is 10.2 Å². The van der Waals surface area contributed by atoms with Gasteiger partial charge in [0.15, 0.2) is 0 Å². The molecule has 2 aromatic rings. The molecule has 1 aromatic carbocycles. The third kappa shape index (κ3) is 2.78. The van der Waals surface area contributed by atoms with E-state index in [1.807, 2.05) is 12.3 Å². The molecule has 1 unspecified atom stereocenters. The van der Waals surface area contributed by atoms with Crippen LogP contribution in [0, 0.1) is 13.8 Å². The maximum atomic E-state index is 4.15. The number of rotatable bonds is 5. The van der Waals surface area contributed by atoms with Gasteiger partial charge in [0.05, 0.1) is 6.20 Å². The van der Waals surface area contributed by atoms with E-state index in [1.54, 1.807) is 0 Å². The Hall–Kier alpha value is -1.83. The van der Waals surface area contributed by atoms with Crippen LogP contribution < -0.4 is 0 Å². The van der Waals surface area contributed by atoms with Crippen molar-refractivity contribution < 1.29 is 0 Å². The van der Waals surface area contributed by atoms with Gasteiger partial charge in [0.2, 0.25) is 0 Å². The molecule has 1 aromatic heterocycles. The highest BCUT2D eigenvalue weighted by molar-refractivity contribution is 5.39. The predicted molar refractivity (Wildman–Crippen MR) is 80.5 cm³/mol. The number of nitrogens with one attached hydrogen (secondary N) is 1. The largest absolute Gasteiger partial charge is 0.283 e. The molecule has 1 atom stereocenters. The second-order valence-corrected chi connectivity index (χ2v) is 5.07. The smallest absolute Gasteiger partial charge is 0.0528 e. The molecular weight excluding hydrogens is 232 g/mol. The first-order valence-corrected chi connectivity index (χ1v) is 6.87. The molecule has 1 N–H and O–H groups in total. The van der Waals surface area contributed by atoms with Crippen LogP contribution in [-0.2, 0) is 6.42 Å². The number of hydrogen-bond acceptors (Lipinski definition) is 1. The van der Waals surface area contributed by atoms with E-state index < -0.39 is 0 Å². The summed E-state index contributed by atoms with van der Waals surface area (Å²) in [6.07, 6.45) is 5.94. The standard InChI is InChI=1S/C17H22N2/c1-5-7-16(17-11-18-19-13(17)4)15-9-8-12(3)14(6-2)10-15/h5,8-11,16H,1,6-7H2,2-4H3,(H,18,19). The lowest BCUT2D eigenvalue weighted by molar-refractivity contribution is 0.819. The van der Waals surface area contributed by atoms with Crippen molar-refractivity contribution in [2.45, 2.75) is 39.5 Å². The van der Waals surface area contributed by atoms with Crippen LogP contribution >= 0.6 is 0 Å². The molecule has 0 saturated heterocycles. The second-order valence-electron chi connectivity index (χ2n) is 5.07. The third-order valence-electron chi connectivity index (χ3n) is 3.80. The second kappa shape index (κ2) is 5.87. The van der Waals surface area contributed by atoms with Crippen LogP contribution in [0.25, 0.3) is 0 Å². The fourth-order valence-electron chi connectivity index (χ4n) is 2.61. The van der Waals surface area contributed by atoms with Gasteiger partial charge >= 0.3 is 0 Å². The Bertz CT molecular complexity index is 566. The zero-order valence-electron chi connectivity index (χ0n) is 12.0. The van der Waals surface area contributed by atoms with Gasteiger partial charge in [-0.1, -0.05) is 31.2 Å². The predicted octanol–water partition coefficient (Wildman–Crippen LogP) is 4.30. The fraction of sp³-hybridized carbons (Fsp3) is 0.353. The minimum absolute atomic E-state index is 0.349. The van der Waals surface area contributed by atoms with Gasteiger partial charge in [0, 0.05) is 17.2 Å². The van der Waals surface area contributed by atoms with Crippen molar-refractivity contribution in [1.29, 1.82) is 0 Å². The third-order valence-corrected chi connectivity index (χ3v) is 3.80. The normalized spacial score (nSPS) is 12.4. The minimum atomic E-state index is 0.349. The summed E-state index contributed by atoms with van der Waals surface area (Å²) in [6.45, 7) is 10.4. The maximum absolute atomic E-state index is 4.15. The quantitative estimate of drug-likeness (QED) is 0.792. The van der Waals surface area contributed by atoms with E-state index in [9.17, 15) is 0 Å². The molecule has 0 spiro atoms. The molecule has 0 bridgehead atoms. The zero-order valence-corrected chi connectivity index (χ0v) is 12.0. The molecule has 0 fully saturated rings. The molecule has 0 amide bonds. The van der Waals surface area contributed by atoms with E-state index in [-0.39, 0.29) is 0 Å². The summed E-state index contributed by atoms with van der Waals surface area (Å²) in [5, 5.41) is 7.18. The van der Waals surface area contributed by atoms with Crippen molar-refractivity contribution in [3.05, 3.63) is 65.0 Å². The molecule has 1 heterocycles. The van der Waals surface area contributed by atoms with E-state index in [2.05, 4.69) is 55.7 Å². The van der Waals surface area contributed by atoms with E-state index in [0.29, 0.717) is 5.92 Å². The molecule has 2 nitrogen and oxygen atoms in total. The molecule has 100 valence electrons. The molecule has 0 saturated carbocycles. The molecule has 0 aliphatic carbocycles. The van der Waals surface area contributed by atoms with Gasteiger partial charge in [-0.25, -0.2) is 0 Å². The number of nitrogens with zero attached hydrogens (tertiary/aromatic N) is 1. The lowest BCUT2D eigenvalue weighted by Gasteiger charge is -2.17. The first kappa shape index (κ1) is 13.6. The Balaban J connectivity index is 2.45. The number of benzene rings is 1. The number of allylic oxidation sites excluding steroid dienone is 1. The zero-order chi connectivity index (χ0) is 13.8. The van der Waals surface area contributed by atoms with Crippen LogP contribution in [-0.4, -0.2) is 10.2 Å². The van der Waals surface area contributed by atoms with E-state index in [4.69, 9.17) is 0 Å². The molecule has 0 radical (unpaired) electrons. The van der Waals surface area contributed by atoms with Gasteiger partial charge in [0.1, 0.15) is 0 Å². The van der Waals surface area contributed by atoms with Gasteiger partial charge in [-0.05, 0) is 43.4 Å². The van der Waals surface area contributed by atoms with Crippen LogP contribution in [0.15, 0.2) is 37.1 Å². The van der Waals surface area contributed by atoms with Gasteiger partial charge in [-0.2, -0.15) is 5.10 Å². The summed E-state index contributed by atoms with van der Waals surface area (Å²) in [5.74, 6) is 0.349. The van der Waals surface area contributed by atoms with Gasteiger partial charge in [-0.15, -0.1) is 6.58 Å². The Morgan fingerprint density at radius 1 is 1.37 bits per heavy atom. The summed E-state index contributed by atoms with van der Waals surface area (Å²) in [4.78, 5) is 0. The van der Waals surface area contributed by atoms with Crippen LogP contribution in [0.4, 0.5) is 0 Å². The molecule has 2 heteroatoms. The van der Waals surface area contributed by atoms with Gasteiger partial charge < -0.3 is 0 Å². The van der Waals surface area contributed by atoms with Crippen LogP contribution in [0.1, 0.15) is 47.2 Å². The SMILES string of the molecule is C=CCC(c1ccc(C)c(CC)c1)c1cn[nH]c1C. The van der Waals surface area contributed by atoms with Crippen LogP contribution in [0.3, 0.4) is 0 Å². The molecular formula is C17H22N2. The number of aromatic nitrogens is 2. The molecule has 0 aliphatic heterocycles. The van der Waals surface area contributed by atoms with Crippen molar-refractivity contribution in [3.8, 4) is 0 Å². The highest BCUT2D eigenvalue weighted by Gasteiger charge is 2.17. The summed E-state index contributed by atoms with van der Waals surface area (Å²) >= 11 is 0. The Morgan fingerprint density at radius 3 is 2.74 bits per heavy atom. The van der Waals surface area contributed by atoms with Crippen molar-refractivity contribution >= 4 is 0 Å². The van der Waals surface area contributed by atoms with Crippen molar-refractivity contribution in [2.24, 2.45) is 0 Å². The van der Waals surface area contributed by atoms with E-state index >= 15 is 0 Å². The summed E-state index contributed by atoms with van der Waals surface area (Å²) in [6, 6.07) is 6.78. The summed E-state index contributed by atoms with van der Waals surface area (Å²) in [7, 11) is 0. The first-order valence-electron chi connectivity index (χ1n) is 6.87. The maximum Gasteiger partial charge on any atom is 0.0528 e. The van der Waals surface area contributed by atoms with Crippen LogP contribution in [0.2, 0.25) is 0 Å². The lowest BCUT2D eigenvalue weighted by Crippen LogP contribution is -2.02. The number of aromatic amines is 1. The van der Waals surface area contributed by atoms with Gasteiger partial charge in [-0.3, -0.25) is 5.10 Å². The summed E-state index contributed by atoms with van der Waals surface area (Å²) < 4.78 is 0. The highest BCUT2D eigenvalue weighted by Crippen LogP contribution is 2.31.